The molecular formula is C21H24N2O3. The minimum absolute atomic E-state index is 0.0268. The Morgan fingerprint density at radius 2 is 2.12 bits per heavy atom. The summed E-state index contributed by atoms with van der Waals surface area (Å²) in [5.74, 6) is 0.0424. The topological polar surface area (TPSA) is 58.6 Å². The minimum atomic E-state index is -0.813. The zero-order valence-corrected chi connectivity index (χ0v) is 15.1. The number of rotatable bonds is 1. The summed E-state index contributed by atoms with van der Waals surface area (Å²) in [5, 5.41) is 3.60. The van der Waals surface area contributed by atoms with E-state index in [0.29, 0.717) is 12.2 Å². The van der Waals surface area contributed by atoms with Crippen molar-refractivity contribution in [2.45, 2.75) is 49.1 Å². The van der Waals surface area contributed by atoms with Crippen LogP contribution in [-0.2, 0) is 19.7 Å². The van der Waals surface area contributed by atoms with Gasteiger partial charge in [-0.2, -0.15) is 0 Å². The fraction of sp³-hybridized carbons (Fsp3) is 0.619. The normalized spacial score (nSPS) is 44.9. The number of para-hydroxylation sites is 1. The van der Waals surface area contributed by atoms with E-state index in [1.807, 2.05) is 12.1 Å². The molecule has 6 rings (SSSR count). The monoisotopic (exact) mass is 352 g/mol. The van der Waals surface area contributed by atoms with Crippen molar-refractivity contribution in [3.05, 3.63) is 29.8 Å². The number of carbonyl (C=O) groups excluding carboxylic acids is 2. The summed E-state index contributed by atoms with van der Waals surface area (Å²) in [6.07, 6.45) is 4.63. The van der Waals surface area contributed by atoms with E-state index in [1.54, 1.807) is 0 Å². The zero-order chi connectivity index (χ0) is 17.7. The third kappa shape index (κ3) is 1.33. The molecule has 2 saturated heterocycles. The smallest absolute Gasteiger partial charge is 0.332 e. The number of methoxy groups -OCH3 is 1. The van der Waals surface area contributed by atoms with E-state index in [9.17, 15) is 9.59 Å². The summed E-state index contributed by atoms with van der Waals surface area (Å²) in [7, 11) is 1.48. The van der Waals surface area contributed by atoms with Gasteiger partial charge >= 0.3 is 5.97 Å². The van der Waals surface area contributed by atoms with E-state index >= 15 is 0 Å². The molecule has 3 heterocycles. The number of carbonyl (C=O) groups is 2. The number of anilines is 1. The predicted octanol–water partition coefficient (Wildman–Crippen LogP) is 2.11. The highest BCUT2D eigenvalue weighted by atomic mass is 16.5. The Hall–Kier alpha value is -1.88. The van der Waals surface area contributed by atoms with Crippen LogP contribution in [0.25, 0.3) is 0 Å². The molecule has 4 fully saturated rings. The number of hydrogen-bond acceptors (Lipinski definition) is 5. The Balaban J connectivity index is 1.71. The number of esters is 1. The number of Topliss-reactive ketones (excluding diaryl/α,β-unsaturated/α-hetero) is 1. The summed E-state index contributed by atoms with van der Waals surface area (Å²) >= 11 is 0. The van der Waals surface area contributed by atoms with Gasteiger partial charge in [0.15, 0.2) is 0 Å². The van der Waals surface area contributed by atoms with Crippen LogP contribution in [0.2, 0.25) is 0 Å². The van der Waals surface area contributed by atoms with Crippen LogP contribution in [0.15, 0.2) is 24.3 Å². The minimum Gasteiger partial charge on any atom is -0.467 e. The van der Waals surface area contributed by atoms with Crippen LogP contribution in [-0.4, -0.2) is 48.4 Å². The van der Waals surface area contributed by atoms with Gasteiger partial charge in [0, 0.05) is 30.6 Å². The lowest BCUT2D eigenvalue weighted by atomic mass is 9.41. The van der Waals surface area contributed by atoms with Gasteiger partial charge in [0.2, 0.25) is 0 Å². The molecule has 5 atom stereocenters. The van der Waals surface area contributed by atoms with Gasteiger partial charge in [-0.3, -0.25) is 9.69 Å². The molecule has 0 amide bonds. The number of benzene rings is 1. The van der Waals surface area contributed by atoms with Crippen molar-refractivity contribution in [3.63, 3.8) is 0 Å². The average molecular weight is 352 g/mol. The van der Waals surface area contributed by atoms with Crippen molar-refractivity contribution in [1.29, 1.82) is 0 Å². The van der Waals surface area contributed by atoms with Crippen molar-refractivity contribution in [3.8, 4) is 0 Å². The molecule has 5 nitrogen and oxygen atoms in total. The first-order chi connectivity index (χ1) is 12.6. The van der Waals surface area contributed by atoms with Gasteiger partial charge in [0.1, 0.15) is 11.3 Å². The van der Waals surface area contributed by atoms with Crippen LogP contribution >= 0.6 is 0 Å². The van der Waals surface area contributed by atoms with Crippen LogP contribution in [0.5, 0.6) is 0 Å². The van der Waals surface area contributed by atoms with Gasteiger partial charge in [0.05, 0.1) is 12.5 Å². The van der Waals surface area contributed by atoms with Gasteiger partial charge in [-0.05, 0) is 49.3 Å². The molecule has 136 valence electrons. The maximum absolute atomic E-state index is 13.4. The maximum atomic E-state index is 13.4. The number of nitrogens with one attached hydrogen (secondary N) is 1. The highest BCUT2D eigenvalue weighted by Crippen LogP contribution is 2.72. The molecule has 1 N–H and O–H groups in total. The molecule has 0 aromatic heterocycles. The molecule has 5 aliphatic rings. The summed E-state index contributed by atoms with van der Waals surface area (Å²) in [4.78, 5) is 29.2. The van der Waals surface area contributed by atoms with Gasteiger partial charge in [0.25, 0.3) is 0 Å². The van der Waals surface area contributed by atoms with Gasteiger partial charge in [-0.1, -0.05) is 18.2 Å². The largest absolute Gasteiger partial charge is 0.467 e. The van der Waals surface area contributed by atoms with Gasteiger partial charge in [-0.25, -0.2) is 4.79 Å². The van der Waals surface area contributed by atoms with E-state index in [-0.39, 0.29) is 23.3 Å². The average Bonchev–Trinajstić information content (AvgIpc) is 3.14. The molecule has 0 radical (unpaired) electrons. The standard InChI is InChI=1S/C21H24N2O3/c1-26-18(25)20-9-8-19-7-4-10-23-12-14(16(24)11-19)21(20,17(19)23)13-5-2-3-6-15(13)22-20/h2-3,5-6,14,17,22H,4,7-12H2,1H3/t14-,17+,19-,20+,21+/m1/s1. The third-order valence-corrected chi connectivity index (χ3v) is 8.34. The number of nitrogens with zero attached hydrogens (tertiary/aromatic N) is 1. The molecule has 1 aromatic carbocycles. The lowest BCUT2D eigenvalue weighted by molar-refractivity contribution is -0.163. The lowest BCUT2D eigenvalue weighted by Crippen LogP contribution is -2.75. The fourth-order valence-electron chi connectivity index (χ4n) is 7.77. The summed E-state index contributed by atoms with van der Waals surface area (Å²) in [5.41, 5.74) is 0.915. The van der Waals surface area contributed by atoms with Crippen LogP contribution in [0.4, 0.5) is 5.69 Å². The van der Waals surface area contributed by atoms with E-state index in [4.69, 9.17) is 4.74 Å². The second-order valence-electron chi connectivity index (χ2n) is 9.00. The van der Waals surface area contributed by atoms with Crippen LogP contribution in [0, 0.1) is 11.3 Å². The van der Waals surface area contributed by atoms with Crippen molar-refractivity contribution in [2.24, 2.45) is 11.3 Å². The summed E-state index contributed by atoms with van der Waals surface area (Å²) in [6.45, 7) is 1.83. The first-order valence-corrected chi connectivity index (χ1v) is 9.82. The fourth-order valence-corrected chi connectivity index (χ4v) is 7.77. The van der Waals surface area contributed by atoms with Crippen molar-refractivity contribution in [2.75, 3.05) is 25.5 Å². The number of ketones is 1. The third-order valence-electron chi connectivity index (χ3n) is 8.34. The lowest BCUT2D eigenvalue weighted by Gasteiger charge is -2.63. The van der Waals surface area contributed by atoms with Crippen LogP contribution in [0.3, 0.4) is 0 Å². The number of fused-ring (bicyclic) bond motifs is 1. The first kappa shape index (κ1) is 15.2. The van der Waals surface area contributed by atoms with E-state index in [0.717, 1.165) is 44.5 Å². The van der Waals surface area contributed by atoms with Crippen molar-refractivity contribution >= 4 is 17.4 Å². The summed E-state index contributed by atoms with van der Waals surface area (Å²) in [6, 6.07) is 8.52. The molecule has 4 bridgehead atoms. The number of hydrogen-bond donors (Lipinski definition) is 1. The highest BCUT2D eigenvalue weighted by Gasteiger charge is 2.81. The Kier molecular flexibility index (Phi) is 2.63. The molecular weight excluding hydrogens is 328 g/mol. The SMILES string of the molecule is COC(=O)[C@@]12CC[C@]34CCCN5C[C@H](C(=O)C3)[C@@]1(c1ccccc1N2)[C@@H]54. The Morgan fingerprint density at radius 1 is 1.27 bits per heavy atom. The molecule has 3 aliphatic heterocycles. The highest BCUT2D eigenvalue weighted by molar-refractivity contribution is 5.98. The van der Waals surface area contributed by atoms with Crippen molar-refractivity contribution in [1.82, 2.24) is 4.90 Å². The maximum Gasteiger partial charge on any atom is 0.332 e. The van der Waals surface area contributed by atoms with Gasteiger partial charge < -0.3 is 10.1 Å². The number of piperidine rings is 1. The quantitative estimate of drug-likeness (QED) is 0.785. The molecule has 2 aliphatic carbocycles. The van der Waals surface area contributed by atoms with Crippen LogP contribution < -0.4 is 5.32 Å². The zero-order valence-electron chi connectivity index (χ0n) is 15.1. The second-order valence-corrected chi connectivity index (χ2v) is 9.00. The summed E-state index contributed by atoms with van der Waals surface area (Å²) < 4.78 is 5.36. The molecule has 1 aromatic rings. The molecule has 2 saturated carbocycles. The van der Waals surface area contributed by atoms with Crippen LogP contribution in [0.1, 0.15) is 37.7 Å². The molecule has 5 heteroatoms. The molecule has 1 spiro atoms. The van der Waals surface area contributed by atoms with E-state index in [1.165, 1.54) is 12.7 Å². The first-order valence-electron chi connectivity index (χ1n) is 9.82. The number of ether oxygens (including phenoxy) is 1. The Morgan fingerprint density at radius 3 is 2.96 bits per heavy atom. The van der Waals surface area contributed by atoms with Crippen molar-refractivity contribution < 1.29 is 14.3 Å². The second kappa shape index (κ2) is 4.50. The predicted molar refractivity (Wildman–Crippen MR) is 95.9 cm³/mol. The molecule has 0 unspecified atom stereocenters. The molecule has 26 heavy (non-hydrogen) atoms. The Bertz CT molecular complexity index is 853. The van der Waals surface area contributed by atoms with E-state index < -0.39 is 11.0 Å². The van der Waals surface area contributed by atoms with Gasteiger partial charge in [-0.15, -0.1) is 0 Å². The Labute approximate surface area is 153 Å². The van der Waals surface area contributed by atoms with E-state index in [2.05, 4.69) is 22.3 Å².